The highest BCUT2D eigenvalue weighted by Crippen LogP contribution is 2.28. The lowest BCUT2D eigenvalue weighted by Crippen LogP contribution is -2.33. The Kier molecular flexibility index (Phi) is 5.72. The van der Waals surface area contributed by atoms with Gasteiger partial charge in [0.25, 0.3) is 5.91 Å². The van der Waals surface area contributed by atoms with Gasteiger partial charge in [0.05, 0.1) is 5.56 Å². The molecule has 0 radical (unpaired) electrons. The van der Waals surface area contributed by atoms with E-state index in [2.05, 4.69) is 23.4 Å². The van der Waals surface area contributed by atoms with Gasteiger partial charge in [-0.15, -0.1) is 0 Å². The highest BCUT2D eigenvalue weighted by molar-refractivity contribution is 7.99. The fourth-order valence-electron chi connectivity index (χ4n) is 2.64. The molecule has 2 atom stereocenters. The van der Waals surface area contributed by atoms with E-state index < -0.39 is 0 Å². The summed E-state index contributed by atoms with van der Waals surface area (Å²) < 4.78 is 0. The number of amides is 1. The van der Waals surface area contributed by atoms with Crippen molar-refractivity contribution in [1.29, 1.82) is 0 Å². The molecule has 4 heteroatoms. The normalized spacial score (nSPS) is 20.7. The van der Waals surface area contributed by atoms with Crippen LogP contribution in [0, 0.1) is 18.8 Å². The maximum Gasteiger partial charge on any atom is 0.252 e. The number of aliphatic hydroxyl groups excluding tert-OH is 1. The van der Waals surface area contributed by atoms with Crippen molar-refractivity contribution >= 4 is 17.7 Å². The number of carbonyl (C=O) groups excluding carboxylic acids is 1. The number of benzene rings is 1. The number of hydrogen-bond acceptors (Lipinski definition) is 3. The number of rotatable bonds is 3. The number of carbonyl (C=O) groups is 1. The van der Waals surface area contributed by atoms with Crippen LogP contribution in [0.4, 0.5) is 0 Å². The summed E-state index contributed by atoms with van der Waals surface area (Å²) in [5.74, 6) is 5.42. The highest BCUT2D eigenvalue weighted by atomic mass is 32.2. The summed E-state index contributed by atoms with van der Waals surface area (Å²) in [6.45, 7) is 1.76. The first-order chi connectivity index (χ1) is 10.1. The summed E-state index contributed by atoms with van der Waals surface area (Å²) in [4.78, 5) is 12.4. The minimum Gasteiger partial charge on any atom is -0.384 e. The van der Waals surface area contributed by atoms with E-state index in [9.17, 15) is 4.79 Å². The molecule has 1 aromatic carbocycles. The van der Waals surface area contributed by atoms with E-state index in [0.29, 0.717) is 16.4 Å². The monoisotopic (exact) mass is 303 g/mol. The number of aliphatic hydroxyl groups is 1. The first-order valence-corrected chi connectivity index (χ1v) is 8.47. The molecule has 1 aromatic rings. The van der Waals surface area contributed by atoms with Crippen molar-refractivity contribution < 1.29 is 9.90 Å². The van der Waals surface area contributed by atoms with Crippen LogP contribution >= 0.6 is 11.8 Å². The van der Waals surface area contributed by atoms with Gasteiger partial charge in [-0.3, -0.25) is 4.79 Å². The van der Waals surface area contributed by atoms with Gasteiger partial charge in [0, 0.05) is 16.9 Å². The van der Waals surface area contributed by atoms with E-state index in [1.807, 2.05) is 36.9 Å². The van der Waals surface area contributed by atoms with E-state index in [0.717, 1.165) is 24.8 Å². The molecule has 0 heterocycles. The lowest BCUT2D eigenvalue weighted by atomic mass is 10.0. The van der Waals surface area contributed by atoms with Crippen molar-refractivity contribution in [2.24, 2.45) is 0 Å². The standard InChI is InChI=1S/C17H21NO2S/c1-12-5-8-16(13(10-12)4-3-9-19)17(20)18-14-6-7-15(11-14)21-2/h5,8,10,14-15,19H,6-7,9,11H2,1-2H3,(H,18,20). The van der Waals surface area contributed by atoms with E-state index in [1.54, 1.807) is 0 Å². The minimum absolute atomic E-state index is 0.0657. The van der Waals surface area contributed by atoms with Gasteiger partial charge in [-0.25, -0.2) is 0 Å². The zero-order valence-electron chi connectivity index (χ0n) is 12.5. The molecule has 0 bridgehead atoms. The molecule has 112 valence electrons. The number of thioether (sulfide) groups is 1. The third kappa shape index (κ3) is 4.26. The van der Waals surface area contributed by atoms with Crippen molar-refractivity contribution in [2.45, 2.75) is 37.5 Å². The molecule has 0 aromatic heterocycles. The van der Waals surface area contributed by atoms with Gasteiger partial charge in [0.15, 0.2) is 0 Å². The summed E-state index contributed by atoms with van der Waals surface area (Å²) in [5, 5.41) is 12.6. The van der Waals surface area contributed by atoms with Gasteiger partial charge in [-0.05, 0) is 50.1 Å². The molecule has 2 unspecified atom stereocenters. The molecule has 2 N–H and O–H groups in total. The Morgan fingerprint density at radius 2 is 2.29 bits per heavy atom. The van der Waals surface area contributed by atoms with Crippen LogP contribution in [0.15, 0.2) is 18.2 Å². The van der Waals surface area contributed by atoms with Crippen molar-refractivity contribution in [1.82, 2.24) is 5.32 Å². The second-order valence-corrected chi connectivity index (χ2v) is 6.49. The summed E-state index contributed by atoms with van der Waals surface area (Å²) in [7, 11) is 0. The van der Waals surface area contributed by atoms with Crippen LogP contribution in [0.1, 0.15) is 40.7 Å². The molecule has 1 fully saturated rings. The summed E-state index contributed by atoms with van der Waals surface area (Å²) >= 11 is 1.87. The zero-order chi connectivity index (χ0) is 15.2. The quantitative estimate of drug-likeness (QED) is 0.843. The largest absolute Gasteiger partial charge is 0.384 e. The van der Waals surface area contributed by atoms with E-state index in [-0.39, 0.29) is 18.6 Å². The Bertz CT molecular complexity index is 574. The van der Waals surface area contributed by atoms with Gasteiger partial charge in [0.2, 0.25) is 0 Å². The molecule has 0 saturated heterocycles. The number of hydrogen-bond donors (Lipinski definition) is 2. The molecule has 1 aliphatic carbocycles. The lowest BCUT2D eigenvalue weighted by molar-refractivity contribution is 0.0937. The van der Waals surface area contributed by atoms with Crippen LogP contribution in [0.25, 0.3) is 0 Å². The van der Waals surface area contributed by atoms with Gasteiger partial charge in [0.1, 0.15) is 6.61 Å². The Balaban J connectivity index is 2.12. The predicted molar refractivity (Wildman–Crippen MR) is 87.6 cm³/mol. The fraction of sp³-hybridized carbons (Fsp3) is 0.471. The average Bonchev–Trinajstić information content (AvgIpc) is 2.92. The first-order valence-electron chi connectivity index (χ1n) is 7.18. The maximum absolute atomic E-state index is 12.4. The molecule has 1 aliphatic rings. The third-order valence-corrected chi connectivity index (χ3v) is 4.87. The second-order valence-electron chi connectivity index (χ2n) is 5.35. The van der Waals surface area contributed by atoms with Gasteiger partial charge in [-0.2, -0.15) is 11.8 Å². The molecule has 2 rings (SSSR count). The average molecular weight is 303 g/mol. The van der Waals surface area contributed by atoms with Crippen LogP contribution in [0.3, 0.4) is 0 Å². The summed E-state index contributed by atoms with van der Waals surface area (Å²) in [6, 6.07) is 5.87. The number of aryl methyl sites for hydroxylation is 1. The van der Waals surface area contributed by atoms with Crippen LogP contribution < -0.4 is 5.32 Å². The fourth-order valence-corrected chi connectivity index (χ4v) is 3.44. The lowest BCUT2D eigenvalue weighted by Gasteiger charge is -2.14. The van der Waals surface area contributed by atoms with E-state index in [1.165, 1.54) is 0 Å². The molecular weight excluding hydrogens is 282 g/mol. The summed E-state index contributed by atoms with van der Waals surface area (Å²) in [6.07, 6.45) is 5.37. The molecule has 3 nitrogen and oxygen atoms in total. The second kappa shape index (κ2) is 7.53. The van der Waals surface area contributed by atoms with E-state index in [4.69, 9.17) is 5.11 Å². The molecule has 1 saturated carbocycles. The molecular formula is C17H21NO2S. The first kappa shape index (κ1) is 15.9. The minimum atomic E-state index is -0.201. The van der Waals surface area contributed by atoms with Crippen molar-refractivity contribution in [3.63, 3.8) is 0 Å². The topological polar surface area (TPSA) is 49.3 Å². The molecule has 1 amide bonds. The molecule has 21 heavy (non-hydrogen) atoms. The third-order valence-electron chi connectivity index (χ3n) is 3.77. The molecule has 0 spiro atoms. The van der Waals surface area contributed by atoms with Crippen LogP contribution in [-0.4, -0.2) is 35.2 Å². The number of nitrogens with one attached hydrogen (secondary N) is 1. The van der Waals surface area contributed by atoms with Gasteiger partial charge in [-0.1, -0.05) is 17.9 Å². The van der Waals surface area contributed by atoms with Crippen molar-refractivity contribution in [3.8, 4) is 11.8 Å². The van der Waals surface area contributed by atoms with Gasteiger partial charge < -0.3 is 10.4 Å². The predicted octanol–water partition coefficient (Wildman–Crippen LogP) is 2.35. The highest BCUT2D eigenvalue weighted by Gasteiger charge is 2.25. The van der Waals surface area contributed by atoms with Gasteiger partial charge >= 0.3 is 0 Å². The summed E-state index contributed by atoms with van der Waals surface area (Å²) in [5.41, 5.74) is 2.33. The zero-order valence-corrected chi connectivity index (χ0v) is 13.3. The van der Waals surface area contributed by atoms with Crippen molar-refractivity contribution in [3.05, 3.63) is 34.9 Å². The SMILES string of the molecule is CSC1CCC(NC(=O)c2ccc(C)cc2C#CCO)C1. The van der Waals surface area contributed by atoms with Crippen LogP contribution in [-0.2, 0) is 0 Å². The van der Waals surface area contributed by atoms with E-state index >= 15 is 0 Å². The maximum atomic E-state index is 12.4. The van der Waals surface area contributed by atoms with Crippen LogP contribution in [0.5, 0.6) is 0 Å². The Morgan fingerprint density at radius 3 is 2.95 bits per heavy atom. The molecule has 0 aliphatic heterocycles. The van der Waals surface area contributed by atoms with Crippen molar-refractivity contribution in [2.75, 3.05) is 12.9 Å². The smallest absolute Gasteiger partial charge is 0.252 e. The Hall–Kier alpha value is -1.44. The van der Waals surface area contributed by atoms with Crippen LogP contribution in [0.2, 0.25) is 0 Å². The Labute approximate surface area is 130 Å². The Morgan fingerprint density at radius 1 is 1.48 bits per heavy atom.